The molecule has 1 heterocycles. The summed E-state index contributed by atoms with van der Waals surface area (Å²) in [5.74, 6) is -0.215. The third kappa shape index (κ3) is 3.87. The Labute approximate surface area is 104 Å². The lowest BCUT2D eigenvalue weighted by atomic mass is 9.99. The minimum absolute atomic E-state index is 0.0717. The van der Waals surface area contributed by atoms with E-state index in [1.54, 1.807) is 0 Å². The predicted molar refractivity (Wildman–Crippen MR) is 58.4 cm³/mol. The van der Waals surface area contributed by atoms with E-state index in [4.69, 9.17) is 14.6 Å². The summed E-state index contributed by atoms with van der Waals surface area (Å²) in [6, 6.07) is 0. The summed E-state index contributed by atoms with van der Waals surface area (Å²) >= 11 is 0. The second-order valence-electron chi connectivity index (χ2n) is 4.05. The summed E-state index contributed by atoms with van der Waals surface area (Å²) in [6.45, 7) is 1.15. The molecule has 5 N–H and O–H groups in total. The zero-order valence-corrected chi connectivity index (χ0v) is 10.0. The molecule has 1 amide bonds. The zero-order valence-electron chi connectivity index (χ0n) is 10.0. The van der Waals surface area contributed by atoms with Crippen LogP contribution in [0.1, 0.15) is 6.92 Å². The Bertz CT molecular complexity index is 273. The highest BCUT2D eigenvalue weighted by Gasteiger charge is 2.43. The number of rotatable bonds is 5. The van der Waals surface area contributed by atoms with Gasteiger partial charge in [0.2, 0.25) is 5.91 Å². The molecule has 1 saturated heterocycles. The molecular weight excluding hydrogens is 246 g/mol. The minimum atomic E-state index is -1.46. The van der Waals surface area contributed by atoms with Gasteiger partial charge in [-0.25, -0.2) is 0 Å². The van der Waals surface area contributed by atoms with Crippen molar-refractivity contribution in [2.45, 2.75) is 37.6 Å². The lowest BCUT2D eigenvalue weighted by Crippen LogP contribution is -2.59. The quantitative estimate of drug-likeness (QED) is 0.334. The van der Waals surface area contributed by atoms with Crippen LogP contribution in [-0.2, 0) is 14.3 Å². The number of aliphatic hydroxyl groups is 4. The summed E-state index contributed by atoms with van der Waals surface area (Å²) in [5.41, 5.74) is 0. The molecule has 1 rings (SSSR count). The van der Waals surface area contributed by atoms with Crippen LogP contribution in [-0.4, -0.2) is 76.8 Å². The first-order valence-corrected chi connectivity index (χ1v) is 5.64. The summed E-state index contributed by atoms with van der Waals surface area (Å²) < 4.78 is 10.2. The van der Waals surface area contributed by atoms with Gasteiger partial charge in [-0.2, -0.15) is 0 Å². The van der Waals surface area contributed by atoms with E-state index in [0.29, 0.717) is 0 Å². The number of aliphatic hydroxyl groups excluding tert-OH is 4. The highest BCUT2D eigenvalue weighted by Crippen LogP contribution is 2.21. The molecule has 5 atom stereocenters. The fourth-order valence-electron chi connectivity index (χ4n) is 1.61. The van der Waals surface area contributed by atoms with E-state index < -0.39 is 37.3 Å². The Balaban J connectivity index is 2.41. The van der Waals surface area contributed by atoms with E-state index in [1.807, 2.05) is 0 Å². The molecule has 0 aromatic heterocycles. The number of carbonyl (C=O) groups is 1. The smallest absolute Gasteiger partial charge is 0.216 e. The van der Waals surface area contributed by atoms with Crippen LogP contribution < -0.4 is 5.32 Å². The minimum Gasteiger partial charge on any atom is -0.394 e. The van der Waals surface area contributed by atoms with Gasteiger partial charge in [0.15, 0.2) is 6.29 Å². The summed E-state index contributed by atoms with van der Waals surface area (Å²) in [5, 5.41) is 40.0. The van der Waals surface area contributed by atoms with Gasteiger partial charge in [0.1, 0.15) is 24.4 Å². The van der Waals surface area contributed by atoms with E-state index in [1.165, 1.54) is 6.92 Å². The maximum Gasteiger partial charge on any atom is 0.216 e. The SMILES string of the molecule is CC(=O)NCCO[C@@H]1O[C@H](CO)[C@@H](O)[C@H](O)[C@@H]1O. The molecule has 8 heteroatoms. The molecule has 0 radical (unpaired) electrons. The second-order valence-corrected chi connectivity index (χ2v) is 4.05. The van der Waals surface area contributed by atoms with Crippen molar-refractivity contribution in [3.8, 4) is 0 Å². The van der Waals surface area contributed by atoms with Gasteiger partial charge in [-0.3, -0.25) is 4.79 Å². The van der Waals surface area contributed by atoms with Crippen LogP contribution in [0.25, 0.3) is 0 Å². The lowest BCUT2D eigenvalue weighted by molar-refractivity contribution is -0.300. The molecule has 0 aromatic carbocycles. The van der Waals surface area contributed by atoms with Gasteiger partial charge in [0.25, 0.3) is 0 Å². The number of amides is 1. The monoisotopic (exact) mass is 265 g/mol. The molecule has 106 valence electrons. The lowest BCUT2D eigenvalue weighted by Gasteiger charge is -2.39. The van der Waals surface area contributed by atoms with Crippen molar-refractivity contribution in [2.75, 3.05) is 19.8 Å². The Morgan fingerprint density at radius 1 is 1.28 bits per heavy atom. The summed E-state index contributed by atoms with van der Waals surface area (Å²) in [6.07, 6.45) is -6.43. The fraction of sp³-hybridized carbons (Fsp3) is 0.900. The number of hydrogen-bond acceptors (Lipinski definition) is 7. The first kappa shape index (κ1) is 15.3. The molecule has 0 saturated carbocycles. The molecule has 0 spiro atoms. The van der Waals surface area contributed by atoms with Gasteiger partial charge < -0.3 is 35.2 Å². The van der Waals surface area contributed by atoms with E-state index in [9.17, 15) is 20.1 Å². The Morgan fingerprint density at radius 2 is 1.94 bits per heavy atom. The van der Waals surface area contributed by atoms with E-state index in [-0.39, 0.29) is 19.1 Å². The van der Waals surface area contributed by atoms with Gasteiger partial charge in [0.05, 0.1) is 13.2 Å². The molecule has 18 heavy (non-hydrogen) atoms. The first-order chi connectivity index (χ1) is 8.47. The number of ether oxygens (including phenoxy) is 2. The van der Waals surface area contributed by atoms with Gasteiger partial charge in [-0.1, -0.05) is 0 Å². The topological polar surface area (TPSA) is 128 Å². The molecule has 1 aliphatic rings. The van der Waals surface area contributed by atoms with Gasteiger partial charge in [-0.15, -0.1) is 0 Å². The average molecular weight is 265 g/mol. The first-order valence-electron chi connectivity index (χ1n) is 5.64. The molecular formula is C10H19NO7. The Kier molecular flexibility index (Phi) is 5.93. The third-order valence-electron chi connectivity index (χ3n) is 2.61. The van der Waals surface area contributed by atoms with Crippen LogP contribution in [0.2, 0.25) is 0 Å². The molecule has 0 aromatic rings. The predicted octanol–water partition coefficient (Wildman–Crippen LogP) is -3.06. The van der Waals surface area contributed by atoms with Crippen molar-refractivity contribution < 1.29 is 34.7 Å². The van der Waals surface area contributed by atoms with Gasteiger partial charge in [0, 0.05) is 13.5 Å². The maximum absolute atomic E-state index is 10.6. The highest BCUT2D eigenvalue weighted by molar-refractivity contribution is 5.72. The number of carbonyl (C=O) groups excluding carboxylic acids is 1. The van der Waals surface area contributed by atoms with Gasteiger partial charge in [-0.05, 0) is 0 Å². The largest absolute Gasteiger partial charge is 0.394 e. The molecule has 0 aliphatic carbocycles. The summed E-state index contributed by atoms with van der Waals surface area (Å²) in [7, 11) is 0. The van der Waals surface area contributed by atoms with Crippen molar-refractivity contribution in [1.82, 2.24) is 5.32 Å². The zero-order chi connectivity index (χ0) is 13.7. The molecule has 0 unspecified atom stereocenters. The molecule has 1 aliphatic heterocycles. The van der Waals surface area contributed by atoms with Crippen molar-refractivity contribution in [3.63, 3.8) is 0 Å². The van der Waals surface area contributed by atoms with Crippen molar-refractivity contribution >= 4 is 5.91 Å². The molecule has 8 nitrogen and oxygen atoms in total. The second kappa shape index (κ2) is 6.98. The van der Waals surface area contributed by atoms with Crippen LogP contribution in [0, 0.1) is 0 Å². The van der Waals surface area contributed by atoms with Crippen molar-refractivity contribution in [1.29, 1.82) is 0 Å². The van der Waals surface area contributed by atoms with Crippen LogP contribution in [0.5, 0.6) is 0 Å². The maximum atomic E-state index is 10.6. The van der Waals surface area contributed by atoms with Crippen LogP contribution in [0.4, 0.5) is 0 Å². The Hall–Kier alpha value is -0.770. The Morgan fingerprint density at radius 3 is 2.50 bits per heavy atom. The van der Waals surface area contributed by atoms with E-state index in [0.717, 1.165) is 0 Å². The molecule has 1 fully saturated rings. The third-order valence-corrected chi connectivity index (χ3v) is 2.61. The van der Waals surface area contributed by atoms with Crippen LogP contribution in [0.3, 0.4) is 0 Å². The van der Waals surface area contributed by atoms with Crippen LogP contribution in [0.15, 0.2) is 0 Å². The van der Waals surface area contributed by atoms with Crippen LogP contribution >= 0.6 is 0 Å². The van der Waals surface area contributed by atoms with Crippen molar-refractivity contribution in [2.24, 2.45) is 0 Å². The van der Waals surface area contributed by atoms with E-state index >= 15 is 0 Å². The fourth-order valence-corrected chi connectivity index (χ4v) is 1.61. The van der Waals surface area contributed by atoms with Crippen molar-refractivity contribution in [3.05, 3.63) is 0 Å². The number of nitrogens with one attached hydrogen (secondary N) is 1. The van der Waals surface area contributed by atoms with E-state index in [2.05, 4.69) is 5.32 Å². The van der Waals surface area contributed by atoms with Gasteiger partial charge >= 0.3 is 0 Å². The standard InChI is InChI=1S/C10H19NO7/c1-5(13)11-2-3-17-10-9(16)8(15)7(14)6(4-12)18-10/h6-10,12,14-16H,2-4H2,1H3,(H,11,13)/t6-,7-,8+,9+,10-/m1/s1. The summed E-state index contributed by atoms with van der Waals surface area (Å²) in [4.78, 5) is 10.6. The normalized spacial score (nSPS) is 36.4. The average Bonchev–Trinajstić information content (AvgIpc) is 2.34. The highest BCUT2D eigenvalue weighted by atomic mass is 16.7. The number of hydrogen-bond donors (Lipinski definition) is 5. The molecule has 0 bridgehead atoms.